The highest BCUT2D eigenvalue weighted by Gasteiger charge is 2.28. The van der Waals surface area contributed by atoms with Gasteiger partial charge in [-0.2, -0.15) is 0 Å². The molecule has 3 heterocycles. The quantitative estimate of drug-likeness (QED) is 0.736. The van der Waals surface area contributed by atoms with Gasteiger partial charge in [-0.25, -0.2) is 13.1 Å². The van der Waals surface area contributed by atoms with Gasteiger partial charge in [0.25, 0.3) is 5.91 Å². The minimum atomic E-state index is -3.43. The number of aromatic nitrogens is 1. The zero-order valence-corrected chi connectivity index (χ0v) is 18.2. The Hall–Kier alpha value is -2.16. The molecule has 0 bridgehead atoms. The van der Waals surface area contributed by atoms with Gasteiger partial charge < -0.3 is 14.8 Å². The molecule has 1 aromatic carbocycles. The van der Waals surface area contributed by atoms with Gasteiger partial charge in [-0.15, -0.1) is 0 Å². The van der Waals surface area contributed by atoms with Crippen LogP contribution in [0.3, 0.4) is 0 Å². The second-order valence-electron chi connectivity index (χ2n) is 8.42. The minimum absolute atomic E-state index is 0.0195. The molecule has 0 aliphatic carbocycles. The lowest BCUT2D eigenvalue weighted by molar-refractivity contribution is 0.0787. The van der Waals surface area contributed by atoms with Crippen LogP contribution < -0.4 is 10.0 Å². The maximum atomic E-state index is 13.1. The molecular formula is C22H30N4O3S. The van der Waals surface area contributed by atoms with Crippen LogP contribution in [0, 0.1) is 5.92 Å². The number of likely N-dealkylation sites (tertiary alicyclic amines) is 1. The van der Waals surface area contributed by atoms with Crippen molar-refractivity contribution in [3.8, 4) is 0 Å². The number of benzene rings is 1. The number of carbonyl (C=O) groups is 1. The lowest BCUT2D eigenvalue weighted by Gasteiger charge is -2.22. The molecule has 2 fully saturated rings. The molecule has 1 amide bonds. The number of hydrogen-bond donors (Lipinski definition) is 2. The van der Waals surface area contributed by atoms with Gasteiger partial charge in [0.2, 0.25) is 10.0 Å². The lowest BCUT2D eigenvalue weighted by Crippen LogP contribution is -2.32. The van der Waals surface area contributed by atoms with Crippen molar-refractivity contribution in [3.05, 3.63) is 47.5 Å². The first-order valence-electron chi connectivity index (χ1n) is 10.6. The van der Waals surface area contributed by atoms with Gasteiger partial charge in [0.15, 0.2) is 0 Å². The first-order chi connectivity index (χ1) is 14.4. The van der Waals surface area contributed by atoms with E-state index in [0.29, 0.717) is 31.1 Å². The van der Waals surface area contributed by atoms with E-state index in [1.807, 2.05) is 23.1 Å². The fraction of sp³-hybridized carbons (Fsp3) is 0.500. The number of aryl methyl sites for hydroxylation is 1. The molecule has 2 N–H and O–H groups in total. The highest BCUT2D eigenvalue weighted by atomic mass is 32.2. The van der Waals surface area contributed by atoms with E-state index in [4.69, 9.17) is 0 Å². The number of nitrogens with one attached hydrogen (secondary N) is 2. The molecule has 0 unspecified atom stereocenters. The fourth-order valence-corrected chi connectivity index (χ4v) is 5.26. The number of carbonyl (C=O) groups excluding carboxylic acids is 1. The summed E-state index contributed by atoms with van der Waals surface area (Å²) in [6, 6.07) is 5.99. The van der Waals surface area contributed by atoms with E-state index in [-0.39, 0.29) is 11.8 Å². The molecule has 0 saturated carbocycles. The Bertz CT molecular complexity index is 1050. The van der Waals surface area contributed by atoms with E-state index in [9.17, 15) is 13.2 Å². The summed E-state index contributed by atoms with van der Waals surface area (Å²) in [5.41, 5.74) is 3.19. The van der Waals surface area contributed by atoms with Crippen LogP contribution in [0.5, 0.6) is 0 Å². The van der Waals surface area contributed by atoms with Crippen molar-refractivity contribution in [2.75, 3.05) is 32.7 Å². The number of piperidine rings is 1. The van der Waals surface area contributed by atoms with Gasteiger partial charge in [-0.1, -0.05) is 6.58 Å². The number of hydrogen-bond acceptors (Lipinski definition) is 4. The number of fused-ring (bicyclic) bond motifs is 1. The van der Waals surface area contributed by atoms with Crippen molar-refractivity contribution in [2.24, 2.45) is 13.0 Å². The Morgan fingerprint density at radius 3 is 2.80 bits per heavy atom. The molecule has 162 valence electrons. The van der Waals surface area contributed by atoms with Gasteiger partial charge >= 0.3 is 0 Å². The van der Waals surface area contributed by atoms with Gasteiger partial charge in [0, 0.05) is 54.8 Å². The SMILES string of the molecule is C=CS(=O)(=O)NC[C@H]1CCN(C(=O)c2ccc3c(c2)c(C2CCNCC2)cn3C)C1. The Kier molecular flexibility index (Phi) is 5.99. The van der Waals surface area contributed by atoms with Crippen molar-refractivity contribution >= 4 is 26.8 Å². The van der Waals surface area contributed by atoms with Crippen LogP contribution in [-0.2, 0) is 17.1 Å². The third-order valence-electron chi connectivity index (χ3n) is 6.41. The number of sulfonamides is 1. The molecular weight excluding hydrogens is 400 g/mol. The molecule has 1 aromatic heterocycles. The third kappa shape index (κ3) is 4.31. The average molecular weight is 431 g/mol. The molecule has 30 heavy (non-hydrogen) atoms. The fourth-order valence-electron chi connectivity index (χ4n) is 4.67. The average Bonchev–Trinajstić information content (AvgIpc) is 3.37. The van der Waals surface area contributed by atoms with E-state index in [2.05, 4.69) is 34.4 Å². The van der Waals surface area contributed by atoms with Crippen molar-refractivity contribution in [1.29, 1.82) is 0 Å². The summed E-state index contributed by atoms with van der Waals surface area (Å²) in [5.74, 6) is 0.662. The van der Waals surface area contributed by atoms with Crippen LogP contribution in [-0.4, -0.2) is 56.5 Å². The van der Waals surface area contributed by atoms with Crippen LogP contribution in [0.25, 0.3) is 10.9 Å². The molecule has 2 aliphatic heterocycles. The molecule has 1 atom stereocenters. The predicted octanol–water partition coefficient (Wildman–Crippen LogP) is 2.17. The maximum Gasteiger partial charge on any atom is 0.253 e. The van der Waals surface area contributed by atoms with Crippen LogP contribution in [0.4, 0.5) is 0 Å². The molecule has 2 aliphatic rings. The Labute approximate surface area is 178 Å². The van der Waals surface area contributed by atoms with Crippen molar-refractivity contribution in [1.82, 2.24) is 19.5 Å². The van der Waals surface area contributed by atoms with E-state index in [1.54, 1.807) is 0 Å². The first-order valence-corrected chi connectivity index (χ1v) is 12.1. The summed E-state index contributed by atoms with van der Waals surface area (Å²) in [4.78, 5) is 15.0. The Balaban J connectivity index is 1.50. The Morgan fingerprint density at radius 2 is 2.07 bits per heavy atom. The molecule has 0 spiro atoms. The van der Waals surface area contributed by atoms with E-state index in [0.717, 1.165) is 43.3 Å². The highest BCUT2D eigenvalue weighted by molar-refractivity contribution is 7.92. The molecule has 2 aromatic rings. The van der Waals surface area contributed by atoms with Gasteiger partial charge in [-0.3, -0.25) is 4.79 Å². The van der Waals surface area contributed by atoms with Gasteiger partial charge in [-0.05, 0) is 68.0 Å². The second kappa shape index (κ2) is 8.53. The number of rotatable bonds is 6. The zero-order chi connectivity index (χ0) is 21.3. The number of nitrogens with zero attached hydrogens (tertiary/aromatic N) is 2. The van der Waals surface area contributed by atoms with Crippen molar-refractivity contribution < 1.29 is 13.2 Å². The smallest absolute Gasteiger partial charge is 0.253 e. The van der Waals surface area contributed by atoms with Crippen LogP contribution in [0.1, 0.15) is 41.1 Å². The topological polar surface area (TPSA) is 83.4 Å². The summed E-state index contributed by atoms with van der Waals surface area (Å²) in [7, 11) is -1.37. The number of amides is 1. The maximum absolute atomic E-state index is 13.1. The first kappa shape index (κ1) is 21.1. The monoisotopic (exact) mass is 430 g/mol. The van der Waals surface area contributed by atoms with Crippen LogP contribution >= 0.6 is 0 Å². The standard InChI is InChI=1S/C22H30N4O3S/c1-3-30(28,29)24-13-16-8-11-26(14-16)22(27)18-4-5-21-19(12-18)20(15-25(21)2)17-6-9-23-10-7-17/h3-5,12,15-17,23-24H,1,6-11,13-14H2,2H3/t16-/m1/s1. The predicted molar refractivity (Wildman–Crippen MR) is 119 cm³/mol. The molecule has 4 rings (SSSR count). The van der Waals surface area contributed by atoms with Gasteiger partial charge in [0.1, 0.15) is 0 Å². The molecule has 0 radical (unpaired) electrons. The van der Waals surface area contributed by atoms with Crippen molar-refractivity contribution in [3.63, 3.8) is 0 Å². The summed E-state index contributed by atoms with van der Waals surface area (Å²) in [5, 5.41) is 5.51. The van der Waals surface area contributed by atoms with Crippen LogP contribution in [0.2, 0.25) is 0 Å². The van der Waals surface area contributed by atoms with E-state index >= 15 is 0 Å². The lowest BCUT2D eigenvalue weighted by atomic mass is 9.89. The zero-order valence-electron chi connectivity index (χ0n) is 17.4. The summed E-state index contributed by atoms with van der Waals surface area (Å²) in [6.07, 6.45) is 5.24. The normalized spacial score (nSPS) is 20.7. The summed E-state index contributed by atoms with van der Waals surface area (Å²) in [6.45, 7) is 6.91. The van der Waals surface area contributed by atoms with E-state index in [1.165, 1.54) is 10.9 Å². The highest BCUT2D eigenvalue weighted by Crippen LogP contribution is 2.33. The summed E-state index contributed by atoms with van der Waals surface area (Å²) < 4.78 is 27.8. The summed E-state index contributed by atoms with van der Waals surface area (Å²) >= 11 is 0. The Morgan fingerprint density at radius 1 is 1.30 bits per heavy atom. The van der Waals surface area contributed by atoms with Gasteiger partial charge in [0.05, 0.1) is 0 Å². The third-order valence-corrected chi connectivity index (χ3v) is 7.42. The van der Waals surface area contributed by atoms with Crippen LogP contribution in [0.15, 0.2) is 36.4 Å². The second-order valence-corrected chi connectivity index (χ2v) is 10.1. The molecule has 7 nitrogen and oxygen atoms in total. The molecule has 2 saturated heterocycles. The largest absolute Gasteiger partial charge is 0.350 e. The van der Waals surface area contributed by atoms with E-state index < -0.39 is 10.0 Å². The van der Waals surface area contributed by atoms with Crippen molar-refractivity contribution in [2.45, 2.75) is 25.2 Å². The molecule has 8 heteroatoms. The minimum Gasteiger partial charge on any atom is -0.350 e.